The molecule has 3 rings (SSSR count). The fraction of sp³-hybridized carbons (Fsp3) is 0.375. The number of rotatable bonds is 11. The lowest BCUT2D eigenvalue weighted by atomic mass is 10.0. The third kappa shape index (κ3) is 9.13. The van der Waals surface area contributed by atoms with E-state index in [2.05, 4.69) is 35.1 Å². The number of hydrogen-bond acceptors (Lipinski definition) is 4. The Kier molecular flexibility index (Phi) is 10.6. The van der Waals surface area contributed by atoms with Crippen molar-refractivity contribution in [2.45, 2.75) is 65.1 Å². The van der Waals surface area contributed by atoms with E-state index in [4.69, 9.17) is 9.47 Å². The van der Waals surface area contributed by atoms with Gasteiger partial charge in [0.25, 0.3) is 5.91 Å². The first-order chi connectivity index (χ1) is 18.5. The zero-order valence-corrected chi connectivity index (χ0v) is 25.2. The summed E-state index contributed by atoms with van der Waals surface area (Å²) >= 11 is 3.57. The van der Waals surface area contributed by atoms with Crippen LogP contribution in [0.5, 0.6) is 11.5 Å². The maximum atomic E-state index is 13.8. The molecule has 6 nitrogen and oxygen atoms in total. The standard InChI is InChI=1S/C32H39BrN2O4/c1-22(2)25-15-16-29(27(33)19-25)39-21-30(36)35(20-24-13-10-14-26(17-24)38-6)28(31(37)34-32(3,4)5)18-23-11-8-7-9-12-23/h7-17,19,22,28H,18,20-21H2,1-6H3,(H,34,37)/t28-/m1/s1. The van der Waals surface area contributed by atoms with Crippen LogP contribution in [0.15, 0.2) is 77.3 Å². The van der Waals surface area contributed by atoms with Gasteiger partial charge in [-0.1, -0.05) is 62.4 Å². The second-order valence-electron chi connectivity index (χ2n) is 11.0. The van der Waals surface area contributed by atoms with Crippen LogP contribution in [0.25, 0.3) is 0 Å². The molecule has 1 atom stereocenters. The van der Waals surface area contributed by atoms with E-state index in [1.165, 1.54) is 5.56 Å². The van der Waals surface area contributed by atoms with Crippen LogP contribution >= 0.6 is 15.9 Å². The minimum absolute atomic E-state index is 0.211. The zero-order valence-electron chi connectivity index (χ0n) is 23.7. The second-order valence-corrected chi connectivity index (χ2v) is 11.8. The van der Waals surface area contributed by atoms with Crippen molar-refractivity contribution in [2.24, 2.45) is 0 Å². The fourth-order valence-corrected chi connectivity index (χ4v) is 4.70. The zero-order chi connectivity index (χ0) is 28.6. The third-order valence-electron chi connectivity index (χ3n) is 6.23. The first-order valence-electron chi connectivity index (χ1n) is 13.2. The smallest absolute Gasteiger partial charge is 0.261 e. The Labute approximate surface area is 240 Å². The molecular formula is C32H39BrN2O4. The van der Waals surface area contributed by atoms with E-state index in [1.54, 1.807) is 12.0 Å². The minimum atomic E-state index is -0.749. The molecule has 0 aliphatic carbocycles. The number of carbonyl (C=O) groups excluding carboxylic acids is 2. The number of nitrogens with one attached hydrogen (secondary N) is 1. The SMILES string of the molecule is COc1cccc(CN(C(=O)COc2ccc(C(C)C)cc2Br)[C@H](Cc2ccccc2)C(=O)NC(C)(C)C)c1. The first kappa shape index (κ1) is 30.2. The summed E-state index contributed by atoms with van der Waals surface area (Å²) in [6, 6.07) is 22.4. The Morgan fingerprint density at radius 1 is 0.949 bits per heavy atom. The predicted molar refractivity (Wildman–Crippen MR) is 159 cm³/mol. The van der Waals surface area contributed by atoms with Gasteiger partial charge in [0.1, 0.15) is 17.5 Å². The highest BCUT2D eigenvalue weighted by Gasteiger charge is 2.32. The Balaban J connectivity index is 1.94. The van der Waals surface area contributed by atoms with Crippen molar-refractivity contribution < 1.29 is 19.1 Å². The number of carbonyl (C=O) groups is 2. The van der Waals surface area contributed by atoms with Gasteiger partial charge in [0, 0.05) is 18.5 Å². The van der Waals surface area contributed by atoms with Gasteiger partial charge in [-0.05, 0) is 83.6 Å². The Morgan fingerprint density at radius 3 is 2.26 bits per heavy atom. The average Bonchev–Trinajstić information content (AvgIpc) is 2.89. The molecule has 3 aromatic rings. The molecule has 1 N–H and O–H groups in total. The number of benzene rings is 3. The molecule has 208 valence electrons. The molecule has 0 spiro atoms. The summed E-state index contributed by atoms with van der Waals surface area (Å²) in [6.07, 6.45) is 0.366. The molecule has 0 aliphatic rings. The van der Waals surface area contributed by atoms with E-state index < -0.39 is 11.6 Å². The summed E-state index contributed by atoms with van der Waals surface area (Å²) in [5.41, 5.74) is 2.52. The Hall–Kier alpha value is -3.32. The molecule has 0 heterocycles. The number of hydrogen-bond donors (Lipinski definition) is 1. The van der Waals surface area contributed by atoms with E-state index >= 15 is 0 Å². The first-order valence-corrected chi connectivity index (χ1v) is 14.0. The molecule has 0 unspecified atom stereocenters. The molecule has 2 amide bonds. The van der Waals surface area contributed by atoms with Gasteiger partial charge < -0.3 is 19.7 Å². The maximum absolute atomic E-state index is 13.8. The number of halogens is 1. The van der Waals surface area contributed by atoms with Crippen LogP contribution in [-0.4, -0.2) is 42.0 Å². The molecule has 3 aromatic carbocycles. The van der Waals surface area contributed by atoms with Gasteiger partial charge in [0.2, 0.25) is 5.91 Å². The lowest BCUT2D eigenvalue weighted by Gasteiger charge is -2.34. The molecule has 0 saturated heterocycles. The van der Waals surface area contributed by atoms with Crippen LogP contribution in [0.4, 0.5) is 0 Å². The number of methoxy groups -OCH3 is 1. The third-order valence-corrected chi connectivity index (χ3v) is 6.85. The topological polar surface area (TPSA) is 67.9 Å². The highest BCUT2D eigenvalue weighted by Crippen LogP contribution is 2.29. The van der Waals surface area contributed by atoms with E-state index in [9.17, 15) is 9.59 Å². The van der Waals surface area contributed by atoms with Crippen LogP contribution in [0.2, 0.25) is 0 Å². The van der Waals surface area contributed by atoms with Gasteiger partial charge in [-0.25, -0.2) is 0 Å². The summed E-state index contributed by atoms with van der Waals surface area (Å²) in [4.78, 5) is 29.1. The van der Waals surface area contributed by atoms with Crippen LogP contribution in [-0.2, 0) is 22.6 Å². The Bertz CT molecular complexity index is 1250. The van der Waals surface area contributed by atoms with Crippen LogP contribution in [0, 0.1) is 0 Å². The lowest BCUT2D eigenvalue weighted by molar-refractivity contribution is -0.143. The van der Waals surface area contributed by atoms with Gasteiger partial charge in [0.15, 0.2) is 6.61 Å². The lowest BCUT2D eigenvalue weighted by Crippen LogP contribution is -2.55. The highest BCUT2D eigenvalue weighted by atomic mass is 79.9. The van der Waals surface area contributed by atoms with Gasteiger partial charge in [-0.2, -0.15) is 0 Å². The van der Waals surface area contributed by atoms with Gasteiger partial charge in [-0.3, -0.25) is 9.59 Å². The fourth-order valence-electron chi connectivity index (χ4n) is 4.19. The maximum Gasteiger partial charge on any atom is 0.261 e. The summed E-state index contributed by atoms with van der Waals surface area (Å²) in [6.45, 7) is 10.1. The van der Waals surface area contributed by atoms with Crippen LogP contribution < -0.4 is 14.8 Å². The quantitative estimate of drug-likeness (QED) is 0.274. The van der Waals surface area contributed by atoms with E-state index in [0.717, 1.165) is 15.6 Å². The normalized spacial score (nSPS) is 12.1. The molecule has 0 saturated carbocycles. The number of nitrogens with zero attached hydrogens (tertiary/aromatic N) is 1. The molecular weight excluding hydrogens is 556 g/mol. The van der Waals surface area contributed by atoms with E-state index in [1.807, 2.05) is 93.6 Å². The summed E-state index contributed by atoms with van der Waals surface area (Å²) in [7, 11) is 1.60. The molecule has 0 aromatic heterocycles. The van der Waals surface area contributed by atoms with E-state index in [-0.39, 0.29) is 25.0 Å². The Morgan fingerprint density at radius 2 is 1.64 bits per heavy atom. The van der Waals surface area contributed by atoms with Crippen molar-refractivity contribution in [3.05, 3.63) is 94.0 Å². The van der Waals surface area contributed by atoms with E-state index in [0.29, 0.717) is 23.8 Å². The van der Waals surface area contributed by atoms with Gasteiger partial charge in [0.05, 0.1) is 11.6 Å². The van der Waals surface area contributed by atoms with Crippen molar-refractivity contribution in [3.8, 4) is 11.5 Å². The van der Waals surface area contributed by atoms with Crippen molar-refractivity contribution in [2.75, 3.05) is 13.7 Å². The monoisotopic (exact) mass is 594 g/mol. The number of amides is 2. The van der Waals surface area contributed by atoms with Crippen molar-refractivity contribution in [1.82, 2.24) is 10.2 Å². The largest absolute Gasteiger partial charge is 0.497 e. The molecule has 0 radical (unpaired) electrons. The summed E-state index contributed by atoms with van der Waals surface area (Å²) in [5, 5.41) is 3.08. The number of ether oxygens (including phenoxy) is 2. The van der Waals surface area contributed by atoms with Crippen molar-refractivity contribution in [3.63, 3.8) is 0 Å². The summed E-state index contributed by atoms with van der Waals surface area (Å²) < 4.78 is 12.2. The van der Waals surface area contributed by atoms with Gasteiger partial charge >= 0.3 is 0 Å². The van der Waals surface area contributed by atoms with Gasteiger partial charge in [-0.15, -0.1) is 0 Å². The predicted octanol–water partition coefficient (Wildman–Crippen LogP) is 6.51. The highest BCUT2D eigenvalue weighted by molar-refractivity contribution is 9.10. The second kappa shape index (κ2) is 13.7. The molecule has 0 fully saturated rings. The van der Waals surface area contributed by atoms with Crippen molar-refractivity contribution >= 4 is 27.7 Å². The van der Waals surface area contributed by atoms with Crippen LogP contribution in [0.1, 0.15) is 57.2 Å². The average molecular weight is 596 g/mol. The van der Waals surface area contributed by atoms with Crippen molar-refractivity contribution in [1.29, 1.82) is 0 Å². The van der Waals surface area contributed by atoms with Crippen LogP contribution in [0.3, 0.4) is 0 Å². The molecule has 39 heavy (non-hydrogen) atoms. The molecule has 0 bridgehead atoms. The molecule has 7 heteroatoms. The summed E-state index contributed by atoms with van der Waals surface area (Å²) in [5.74, 6) is 1.13. The minimum Gasteiger partial charge on any atom is -0.497 e. The molecule has 0 aliphatic heterocycles.